The van der Waals surface area contributed by atoms with Crippen LogP contribution in [0.1, 0.15) is 38.8 Å². The molecular weight excluding hydrogens is 196 g/mol. The smallest absolute Gasteiger partial charge is 0.163 e. The van der Waals surface area contributed by atoms with Gasteiger partial charge in [0, 0.05) is 18.7 Å². The first-order valence-electron chi connectivity index (χ1n) is 5.45. The van der Waals surface area contributed by atoms with Gasteiger partial charge in [0.15, 0.2) is 11.6 Å². The zero-order valence-electron chi connectivity index (χ0n) is 9.82. The summed E-state index contributed by atoms with van der Waals surface area (Å²) in [6, 6.07) is 2.79. The summed E-state index contributed by atoms with van der Waals surface area (Å²) in [6.07, 6.45) is 0. The summed E-state index contributed by atoms with van der Waals surface area (Å²) in [5, 5.41) is 2.95. The van der Waals surface area contributed by atoms with E-state index in [1.807, 2.05) is 27.7 Å². The molecule has 1 nitrogen and oxygen atoms in total. The third kappa shape index (κ3) is 3.27. The van der Waals surface area contributed by atoms with Crippen molar-refractivity contribution in [3.8, 4) is 0 Å². The molecule has 1 N–H and O–H groups in total. The van der Waals surface area contributed by atoms with Gasteiger partial charge in [-0.2, -0.15) is 0 Å². The molecule has 15 heavy (non-hydrogen) atoms. The molecule has 3 heteroatoms. The van der Waals surface area contributed by atoms with Crippen LogP contribution >= 0.6 is 0 Å². The average molecular weight is 215 g/mol. The van der Waals surface area contributed by atoms with Crippen LogP contribution in [0.5, 0.6) is 0 Å². The van der Waals surface area contributed by atoms with Gasteiger partial charge in [-0.1, -0.05) is 33.8 Å². The Labute approximate surface area is 90.5 Å². The van der Waals surface area contributed by atoms with Crippen LogP contribution in [-0.4, -0.2) is 0 Å². The molecule has 1 aromatic carbocycles. The van der Waals surface area contributed by atoms with Crippen LogP contribution in [0.4, 0.5) is 8.78 Å². The van der Waals surface area contributed by atoms with E-state index in [1.165, 1.54) is 6.07 Å². The lowest BCUT2D eigenvalue weighted by Gasteiger charge is -1.98. The molecule has 0 bridgehead atoms. The molecule has 0 saturated carbocycles. The third-order valence-corrected chi connectivity index (χ3v) is 1.91. The molecule has 2 rings (SSSR count). The van der Waals surface area contributed by atoms with Gasteiger partial charge in [-0.3, -0.25) is 0 Å². The number of nitrogens with one attached hydrogen (secondary N) is 1. The molecule has 0 amide bonds. The van der Waals surface area contributed by atoms with Crippen LogP contribution in [0.3, 0.4) is 0 Å². The maximum atomic E-state index is 12.9. The van der Waals surface area contributed by atoms with Crippen LogP contribution in [-0.2, 0) is 13.1 Å². The Morgan fingerprint density at radius 2 is 1.60 bits per heavy atom. The Morgan fingerprint density at radius 1 is 1.00 bits per heavy atom. The van der Waals surface area contributed by atoms with Crippen molar-refractivity contribution in [2.75, 3.05) is 0 Å². The molecule has 0 atom stereocenters. The van der Waals surface area contributed by atoms with Gasteiger partial charge in [-0.25, -0.2) is 8.78 Å². The number of halogens is 2. The van der Waals surface area contributed by atoms with E-state index >= 15 is 0 Å². The molecule has 0 saturated heterocycles. The highest BCUT2D eigenvalue weighted by Gasteiger charge is 2.16. The fourth-order valence-electron chi connectivity index (χ4n) is 1.31. The minimum Gasteiger partial charge on any atom is -0.308 e. The van der Waals surface area contributed by atoms with Gasteiger partial charge in [0.1, 0.15) is 0 Å². The van der Waals surface area contributed by atoms with Gasteiger partial charge >= 0.3 is 0 Å². The quantitative estimate of drug-likeness (QED) is 0.697. The van der Waals surface area contributed by atoms with Crippen molar-refractivity contribution in [2.24, 2.45) is 0 Å². The normalized spacial score (nSPS) is 11.9. The monoisotopic (exact) mass is 215 g/mol. The molecule has 1 aliphatic heterocycles. The van der Waals surface area contributed by atoms with Gasteiger partial charge < -0.3 is 5.32 Å². The maximum absolute atomic E-state index is 12.9. The fraction of sp³-hybridized carbons (Fsp3) is 0.500. The first-order valence-corrected chi connectivity index (χ1v) is 5.45. The second-order valence-electron chi connectivity index (χ2n) is 2.60. The molecule has 0 aliphatic carbocycles. The first kappa shape index (κ1) is 14.0. The predicted octanol–water partition coefficient (Wildman–Crippen LogP) is 3.62. The molecule has 0 spiro atoms. The van der Waals surface area contributed by atoms with Gasteiger partial charge in [0.25, 0.3) is 0 Å². The molecular formula is C12H19F2N. The Bertz CT molecular complexity index is 298. The zero-order chi connectivity index (χ0) is 11.8. The highest BCUT2D eigenvalue weighted by molar-refractivity contribution is 5.32. The van der Waals surface area contributed by atoms with Crippen molar-refractivity contribution >= 4 is 0 Å². The van der Waals surface area contributed by atoms with E-state index in [0.29, 0.717) is 18.7 Å². The number of hydrogen-bond acceptors (Lipinski definition) is 1. The van der Waals surface area contributed by atoms with E-state index in [9.17, 15) is 8.78 Å². The van der Waals surface area contributed by atoms with E-state index < -0.39 is 11.6 Å². The highest BCUT2D eigenvalue weighted by atomic mass is 19.2. The maximum Gasteiger partial charge on any atom is 0.163 e. The van der Waals surface area contributed by atoms with Crippen molar-refractivity contribution in [3.05, 3.63) is 34.9 Å². The minimum absolute atomic E-state index is 0.443. The number of rotatable bonds is 0. The van der Waals surface area contributed by atoms with E-state index in [2.05, 4.69) is 5.32 Å². The van der Waals surface area contributed by atoms with Gasteiger partial charge in [-0.15, -0.1) is 0 Å². The Hall–Kier alpha value is -0.960. The van der Waals surface area contributed by atoms with Crippen LogP contribution in [0, 0.1) is 11.6 Å². The lowest BCUT2D eigenvalue weighted by molar-refractivity contribution is 0.499. The third-order valence-electron chi connectivity index (χ3n) is 1.91. The molecule has 1 aliphatic rings. The van der Waals surface area contributed by atoms with E-state index in [1.54, 1.807) is 6.07 Å². The lowest BCUT2D eigenvalue weighted by Crippen LogP contribution is -2.00. The van der Waals surface area contributed by atoms with Crippen molar-refractivity contribution in [1.29, 1.82) is 0 Å². The molecule has 0 radical (unpaired) electrons. The summed E-state index contributed by atoms with van der Waals surface area (Å²) in [5.41, 5.74) is 1.34. The van der Waals surface area contributed by atoms with E-state index in [-0.39, 0.29) is 0 Å². The largest absolute Gasteiger partial charge is 0.308 e. The summed E-state index contributed by atoms with van der Waals surface area (Å²) in [7, 11) is 0. The predicted molar refractivity (Wildman–Crippen MR) is 59.6 cm³/mol. The molecule has 0 aromatic heterocycles. The zero-order valence-corrected chi connectivity index (χ0v) is 9.82. The standard InChI is InChI=1S/C8H7F2N.2C2H6/c9-7-2-1-5-3-11-4-6(5)8(7)10;2*1-2/h1-2,11H,3-4H2;2*1-2H3. The minimum atomic E-state index is -0.757. The summed E-state index contributed by atoms with van der Waals surface area (Å²) < 4.78 is 25.5. The van der Waals surface area contributed by atoms with E-state index in [4.69, 9.17) is 0 Å². The molecule has 1 heterocycles. The Balaban J connectivity index is 0.000000442. The topological polar surface area (TPSA) is 12.0 Å². The summed E-state index contributed by atoms with van der Waals surface area (Å²) in [5.74, 6) is -1.46. The molecule has 0 unspecified atom stereocenters. The summed E-state index contributed by atoms with van der Waals surface area (Å²) in [4.78, 5) is 0. The van der Waals surface area contributed by atoms with Crippen molar-refractivity contribution < 1.29 is 8.78 Å². The van der Waals surface area contributed by atoms with Crippen molar-refractivity contribution in [1.82, 2.24) is 5.32 Å². The van der Waals surface area contributed by atoms with Crippen molar-refractivity contribution in [2.45, 2.75) is 40.8 Å². The molecule has 1 aromatic rings. The van der Waals surface area contributed by atoms with Crippen molar-refractivity contribution in [3.63, 3.8) is 0 Å². The SMILES string of the molecule is CC.CC.Fc1ccc2c(c1F)CNC2. The lowest BCUT2D eigenvalue weighted by atomic mass is 10.1. The highest BCUT2D eigenvalue weighted by Crippen LogP contribution is 2.20. The van der Waals surface area contributed by atoms with Crippen LogP contribution in [0.2, 0.25) is 0 Å². The van der Waals surface area contributed by atoms with Crippen LogP contribution in [0.25, 0.3) is 0 Å². The molecule has 0 fully saturated rings. The molecule has 86 valence electrons. The number of hydrogen-bond donors (Lipinski definition) is 1. The second-order valence-corrected chi connectivity index (χ2v) is 2.60. The van der Waals surface area contributed by atoms with E-state index in [0.717, 1.165) is 5.56 Å². The Kier molecular flexibility index (Phi) is 6.88. The van der Waals surface area contributed by atoms with Gasteiger partial charge in [0.2, 0.25) is 0 Å². The first-order chi connectivity index (χ1) is 7.29. The van der Waals surface area contributed by atoms with Crippen LogP contribution in [0.15, 0.2) is 12.1 Å². The van der Waals surface area contributed by atoms with Gasteiger partial charge in [-0.05, 0) is 11.6 Å². The summed E-state index contributed by atoms with van der Waals surface area (Å²) >= 11 is 0. The fourth-order valence-corrected chi connectivity index (χ4v) is 1.31. The number of fused-ring (bicyclic) bond motifs is 1. The van der Waals surface area contributed by atoms with Crippen LogP contribution < -0.4 is 5.32 Å². The average Bonchev–Trinajstić information content (AvgIpc) is 2.78. The summed E-state index contributed by atoms with van der Waals surface area (Å²) in [6.45, 7) is 9.09. The second kappa shape index (κ2) is 7.35. The number of benzene rings is 1. The van der Waals surface area contributed by atoms with Gasteiger partial charge in [0.05, 0.1) is 0 Å². The Morgan fingerprint density at radius 3 is 2.20 bits per heavy atom.